The average Bonchev–Trinajstić information content (AvgIpc) is 2.82. The maximum absolute atomic E-state index is 12.3. The van der Waals surface area contributed by atoms with Gasteiger partial charge in [0.2, 0.25) is 0 Å². The molecular formula is C17H14Cl2N2O3S. The molecule has 0 spiro atoms. The molecule has 0 fully saturated rings. The van der Waals surface area contributed by atoms with Crippen LogP contribution in [0.5, 0.6) is 0 Å². The fourth-order valence-corrected chi connectivity index (χ4v) is 3.92. The summed E-state index contributed by atoms with van der Waals surface area (Å²) in [7, 11) is 0. The van der Waals surface area contributed by atoms with E-state index in [1.807, 2.05) is 13.8 Å². The number of carbonyl (C=O) groups excluding carboxylic acids is 1. The molecule has 0 unspecified atom stereocenters. The summed E-state index contributed by atoms with van der Waals surface area (Å²) in [6.07, 6.45) is -0.737. The van der Waals surface area contributed by atoms with Crippen LogP contribution in [0.1, 0.15) is 39.7 Å². The Bertz CT molecular complexity index is 1040. The SMILES string of the molecule is Cc1sc2nc([C@@H](C)OC(=O)c3ccc(Cl)cc3Cl)[nH]c(=O)c2c1C. The molecule has 25 heavy (non-hydrogen) atoms. The number of benzene rings is 1. The van der Waals surface area contributed by atoms with E-state index in [0.717, 1.165) is 10.4 Å². The number of aryl methyl sites for hydroxylation is 2. The van der Waals surface area contributed by atoms with Crippen LogP contribution in [0.2, 0.25) is 10.0 Å². The molecule has 130 valence electrons. The second kappa shape index (κ2) is 6.78. The van der Waals surface area contributed by atoms with Crippen molar-refractivity contribution in [1.29, 1.82) is 0 Å². The van der Waals surface area contributed by atoms with E-state index in [9.17, 15) is 9.59 Å². The lowest BCUT2D eigenvalue weighted by molar-refractivity contribution is 0.0320. The van der Waals surface area contributed by atoms with Gasteiger partial charge in [0.05, 0.1) is 16.0 Å². The van der Waals surface area contributed by atoms with Gasteiger partial charge in [0, 0.05) is 9.90 Å². The minimum Gasteiger partial charge on any atom is -0.451 e. The molecule has 3 rings (SSSR count). The first-order valence-electron chi connectivity index (χ1n) is 7.44. The van der Waals surface area contributed by atoms with Crippen molar-refractivity contribution in [2.45, 2.75) is 26.9 Å². The van der Waals surface area contributed by atoms with Crippen LogP contribution in [0, 0.1) is 13.8 Å². The summed E-state index contributed by atoms with van der Waals surface area (Å²) in [4.78, 5) is 33.4. The molecule has 2 aromatic heterocycles. The molecule has 0 saturated carbocycles. The van der Waals surface area contributed by atoms with E-state index >= 15 is 0 Å². The maximum atomic E-state index is 12.3. The standard InChI is InChI=1S/C17H14Cl2N2O3S/c1-7-9(3)25-16-13(7)15(22)20-14(21-16)8(2)24-17(23)11-5-4-10(18)6-12(11)19/h4-6,8H,1-3H3,(H,20,21,22)/t8-/m1/s1. The molecule has 0 aliphatic rings. The maximum Gasteiger partial charge on any atom is 0.340 e. The molecule has 8 heteroatoms. The highest BCUT2D eigenvalue weighted by atomic mass is 35.5. The molecule has 0 radical (unpaired) electrons. The van der Waals surface area contributed by atoms with E-state index in [1.54, 1.807) is 13.0 Å². The lowest BCUT2D eigenvalue weighted by Crippen LogP contribution is -2.17. The summed E-state index contributed by atoms with van der Waals surface area (Å²) in [6.45, 7) is 5.46. The van der Waals surface area contributed by atoms with Crippen LogP contribution >= 0.6 is 34.5 Å². The van der Waals surface area contributed by atoms with Gasteiger partial charge in [-0.2, -0.15) is 0 Å². The molecule has 1 N–H and O–H groups in total. The molecule has 1 atom stereocenters. The van der Waals surface area contributed by atoms with Crippen molar-refractivity contribution in [3.63, 3.8) is 0 Å². The van der Waals surface area contributed by atoms with Crippen molar-refractivity contribution in [3.05, 3.63) is 60.4 Å². The van der Waals surface area contributed by atoms with E-state index in [-0.39, 0.29) is 22.0 Å². The molecule has 1 aromatic carbocycles. The summed E-state index contributed by atoms with van der Waals surface area (Å²) in [6, 6.07) is 4.51. The number of aromatic amines is 1. The first-order chi connectivity index (χ1) is 11.8. The van der Waals surface area contributed by atoms with Gasteiger partial charge >= 0.3 is 5.97 Å². The molecule has 5 nitrogen and oxygen atoms in total. The van der Waals surface area contributed by atoms with Crippen LogP contribution in [0.15, 0.2) is 23.0 Å². The van der Waals surface area contributed by atoms with Gasteiger partial charge in [-0.1, -0.05) is 23.2 Å². The Labute approximate surface area is 157 Å². The second-order valence-electron chi connectivity index (χ2n) is 5.59. The lowest BCUT2D eigenvalue weighted by atomic mass is 10.2. The van der Waals surface area contributed by atoms with Gasteiger partial charge < -0.3 is 9.72 Å². The Morgan fingerprint density at radius 3 is 2.72 bits per heavy atom. The monoisotopic (exact) mass is 396 g/mol. The van der Waals surface area contributed by atoms with Crippen molar-refractivity contribution in [1.82, 2.24) is 9.97 Å². The quantitative estimate of drug-likeness (QED) is 0.643. The molecule has 0 aliphatic carbocycles. The van der Waals surface area contributed by atoms with E-state index in [4.69, 9.17) is 27.9 Å². The highest BCUT2D eigenvalue weighted by Crippen LogP contribution is 2.28. The zero-order valence-corrected chi connectivity index (χ0v) is 16.0. The number of carbonyl (C=O) groups is 1. The predicted octanol–water partition coefficient (Wildman–Crippen LogP) is 4.83. The molecule has 0 saturated heterocycles. The number of nitrogens with one attached hydrogen (secondary N) is 1. The number of nitrogens with zero attached hydrogens (tertiary/aromatic N) is 1. The Kier molecular flexibility index (Phi) is 4.86. The predicted molar refractivity (Wildman–Crippen MR) is 100 cm³/mol. The van der Waals surface area contributed by atoms with Gasteiger partial charge in [-0.3, -0.25) is 4.79 Å². The van der Waals surface area contributed by atoms with Crippen molar-refractivity contribution in [2.24, 2.45) is 0 Å². The number of hydrogen-bond acceptors (Lipinski definition) is 5. The number of aromatic nitrogens is 2. The molecule has 0 bridgehead atoms. The fraction of sp³-hybridized carbons (Fsp3) is 0.235. The Balaban J connectivity index is 1.90. The topological polar surface area (TPSA) is 72.0 Å². The third kappa shape index (κ3) is 3.42. The Hall–Kier alpha value is -1.89. The summed E-state index contributed by atoms with van der Waals surface area (Å²) in [5.41, 5.74) is 0.872. The zero-order valence-electron chi connectivity index (χ0n) is 13.6. The first-order valence-corrected chi connectivity index (χ1v) is 9.01. The van der Waals surface area contributed by atoms with E-state index in [1.165, 1.54) is 23.5 Å². The van der Waals surface area contributed by atoms with Gasteiger partial charge in [-0.05, 0) is 44.5 Å². The molecule has 0 aliphatic heterocycles. The van der Waals surface area contributed by atoms with Crippen molar-refractivity contribution in [3.8, 4) is 0 Å². The highest BCUT2D eigenvalue weighted by molar-refractivity contribution is 7.18. The summed E-state index contributed by atoms with van der Waals surface area (Å²) < 4.78 is 5.39. The highest BCUT2D eigenvalue weighted by Gasteiger charge is 2.20. The Morgan fingerprint density at radius 2 is 2.04 bits per heavy atom. The zero-order chi connectivity index (χ0) is 18.3. The number of thiophene rings is 1. The third-order valence-electron chi connectivity index (χ3n) is 3.88. The van der Waals surface area contributed by atoms with E-state index in [2.05, 4.69) is 9.97 Å². The normalized spacial score (nSPS) is 12.4. The van der Waals surface area contributed by atoms with Crippen LogP contribution in [0.4, 0.5) is 0 Å². The van der Waals surface area contributed by atoms with E-state index < -0.39 is 12.1 Å². The van der Waals surface area contributed by atoms with Gasteiger partial charge in [0.1, 0.15) is 4.83 Å². The number of esters is 1. The smallest absolute Gasteiger partial charge is 0.340 e. The van der Waals surface area contributed by atoms with Crippen LogP contribution < -0.4 is 5.56 Å². The molecule has 3 aromatic rings. The van der Waals surface area contributed by atoms with Crippen LogP contribution in [0.25, 0.3) is 10.2 Å². The third-order valence-corrected chi connectivity index (χ3v) is 5.53. The van der Waals surface area contributed by atoms with Crippen LogP contribution in [0.3, 0.4) is 0 Å². The molecule has 0 amide bonds. The molecular weight excluding hydrogens is 383 g/mol. The van der Waals surface area contributed by atoms with Crippen LogP contribution in [-0.4, -0.2) is 15.9 Å². The van der Waals surface area contributed by atoms with Gasteiger partial charge in [-0.25, -0.2) is 9.78 Å². The van der Waals surface area contributed by atoms with E-state index in [0.29, 0.717) is 15.2 Å². The minimum absolute atomic E-state index is 0.198. The van der Waals surface area contributed by atoms with Crippen molar-refractivity contribution < 1.29 is 9.53 Å². The number of H-pyrrole nitrogens is 1. The second-order valence-corrected chi connectivity index (χ2v) is 7.63. The summed E-state index contributed by atoms with van der Waals surface area (Å²) >= 11 is 13.3. The number of ether oxygens (including phenoxy) is 1. The minimum atomic E-state index is -0.737. The number of fused-ring (bicyclic) bond motifs is 1. The van der Waals surface area contributed by atoms with Gasteiger partial charge in [-0.15, -0.1) is 11.3 Å². The number of rotatable bonds is 3. The first kappa shape index (κ1) is 17.9. The number of hydrogen-bond donors (Lipinski definition) is 1. The Morgan fingerprint density at radius 1 is 1.32 bits per heavy atom. The largest absolute Gasteiger partial charge is 0.451 e. The van der Waals surface area contributed by atoms with Crippen molar-refractivity contribution in [2.75, 3.05) is 0 Å². The van der Waals surface area contributed by atoms with Gasteiger partial charge in [0.25, 0.3) is 5.56 Å². The number of halogens is 2. The molecule has 2 heterocycles. The summed E-state index contributed by atoms with van der Waals surface area (Å²) in [5.74, 6) is -0.326. The van der Waals surface area contributed by atoms with Crippen LogP contribution in [-0.2, 0) is 4.74 Å². The average molecular weight is 397 g/mol. The summed E-state index contributed by atoms with van der Waals surface area (Å²) in [5, 5.41) is 1.20. The van der Waals surface area contributed by atoms with Crippen molar-refractivity contribution >= 4 is 50.7 Å². The lowest BCUT2D eigenvalue weighted by Gasteiger charge is -2.13. The van der Waals surface area contributed by atoms with Gasteiger partial charge in [0.15, 0.2) is 11.9 Å². The fourth-order valence-electron chi connectivity index (χ4n) is 2.40.